The van der Waals surface area contributed by atoms with E-state index in [0.29, 0.717) is 36.0 Å². The highest BCUT2D eigenvalue weighted by Crippen LogP contribution is 2.68. The van der Waals surface area contributed by atoms with Gasteiger partial charge >= 0.3 is 0 Å². The smallest absolute Gasteiger partial charge is 0.220 e. The molecule has 0 bridgehead atoms. The van der Waals surface area contributed by atoms with Gasteiger partial charge in [-0.05, 0) is 104 Å². The van der Waals surface area contributed by atoms with Crippen molar-refractivity contribution in [3.63, 3.8) is 0 Å². The molecule has 0 aliphatic heterocycles. The molecular weight excluding hydrogens is 551 g/mol. The van der Waals surface area contributed by atoms with Crippen molar-refractivity contribution in [3.05, 3.63) is 0 Å². The molecule has 6 heteroatoms. The first kappa shape index (κ1) is 29.6. The van der Waals surface area contributed by atoms with Gasteiger partial charge in [0.2, 0.25) is 5.91 Å². The summed E-state index contributed by atoms with van der Waals surface area (Å²) in [7, 11) is 6.45. The molecule has 0 aromatic carbocycles. The lowest BCUT2D eigenvalue weighted by Gasteiger charge is -2.62. The van der Waals surface area contributed by atoms with Crippen molar-refractivity contribution in [2.75, 3.05) is 34.2 Å². The maximum atomic E-state index is 12.5. The predicted octanol–water partition coefficient (Wildman–Crippen LogP) is 1.22. The maximum absolute atomic E-state index is 12.5. The standard InChI is InChI=1S/C29H52N2O3.HI/c1-19(7-12-27(34)30-15-16-31(4,5)6)23-10-11-24-22-9-8-20-17-21(32)13-14-28(20,2)25(22)18-26(33)29(23,24)3;/h19-26,32-33H,7-18H2,1-6H3;1H/t19-,20?,21-,22?,23-,24?,25?,26+,28+,29-;/m1./s1. The quantitative estimate of drug-likeness (QED) is 0.303. The second-order valence-electron chi connectivity index (χ2n) is 14.3. The number of fused-ring (bicyclic) bond motifs is 5. The van der Waals surface area contributed by atoms with Gasteiger partial charge in [0, 0.05) is 6.42 Å². The fourth-order valence-electron chi connectivity index (χ4n) is 9.34. The normalized spacial score (nSPS) is 43.8. The molecule has 0 spiro atoms. The van der Waals surface area contributed by atoms with Crippen LogP contribution in [-0.2, 0) is 4.79 Å². The average Bonchev–Trinajstić information content (AvgIpc) is 3.11. The molecule has 4 rings (SSSR count). The molecule has 0 heterocycles. The topological polar surface area (TPSA) is 69.6 Å². The van der Waals surface area contributed by atoms with Crippen molar-refractivity contribution in [2.45, 2.75) is 97.2 Å². The second kappa shape index (κ2) is 11.1. The first-order valence-electron chi connectivity index (χ1n) is 14.3. The van der Waals surface area contributed by atoms with Crippen LogP contribution in [-0.4, -0.2) is 67.0 Å². The molecule has 4 fully saturated rings. The number of hydrogen-bond acceptors (Lipinski definition) is 3. The van der Waals surface area contributed by atoms with Crippen molar-refractivity contribution >= 4 is 5.91 Å². The number of amides is 1. The number of carbonyl (C=O) groups excluding carboxylic acids is 1. The monoisotopic (exact) mass is 604 g/mol. The van der Waals surface area contributed by atoms with Crippen LogP contribution >= 0.6 is 0 Å². The van der Waals surface area contributed by atoms with Gasteiger partial charge in [-0.2, -0.15) is 0 Å². The lowest BCUT2D eigenvalue weighted by molar-refractivity contribution is -0.869. The van der Waals surface area contributed by atoms with E-state index in [1.165, 1.54) is 25.7 Å². The number of aliphatic hydroxyl groups excluding tert-OH is 2. The van der Waals surface area contributed by atoms with Crippen LogP contribution in [0.4, 0.5) is 0 Å². The number of nitrogens with zero attached hydrogens (tertiary/aromatic N) is 1. The van der Waals surface area contributed by atoms with E-state index in [9.17, 15) is 15.0 Å². The van der Waals surface area contributed by atoms with Crippen LogP contribution in [0.2, 0.25) is 0 Å². The zero-order chi connectivity index (χ0) is 24.9. The van der Waals surface area contributed by atoms with Crippen molar-refractivity contribution in [1.82, 2.24) is 5.32 Å². The van der Waals surface area contributed by atoms with Crippen LogP contribution in [0.1, 0.15) is 85.0 Å². The molecule has 0 radical (unpaired) electrons. The Kier molecular flexibility index (Phi) is 9.36. The fraction of sp³-hybridized carbons (Fsp3) is 0.966. The van der Waals surface area contributed by atoms with Crippen LogP contribution in [0.3, 0.4) is 0 Å². The Hall–Kier alpha value is 0.0800. The lowest BCUT2D eigenvalue weighted by Crippen LogP contribution is -3.00. The zero-order valence-corrected chi connectivity index (χ0v) is 25.4. The summed E-state index contributed by atoms with van der Waals surface area (Å²) in [6.07, 6.45) is 10.1. The van der Waals surface area contributed by atoms with Crippen LogP contribution in [0.15, 0.2) is 0 Å². The molecule has 0 aromatic rings. The maximum Gasteiger partial charge on any atom is 0.220 e. The molecule has 4 unspecified atom stereocenters. The van der Waals surface area contributed by atoms with Gasteiger partial charge in [-0.15, -0.1) is 0 Å². The Labute approximate surface area is 231 Å². The Morgan fingerprint density at radius 1 is 1.03 bits per heavy atom. The van der Waals surface area contributed by atoms with Crippen molar-refractivity contribution in [1.29, 1.82) is 0 Å². The summed E-state index contributed by atoms with van der Waals surface area (Å²) in [5.74, 6) is 3.70. The van der Waals surface area contributed by atoms with E-state index in [4.69, 9.17) is 0 Å². The Balaban J connectivity index is 0.00000342. The van der Waals surface area contributed by atoms with Crippen molar-refractivity contribution in [2.24, 2.45) is 46.3 Å². The largest absolute Gasteiger partial charge is 1.00 e. The van der Waals surface area contributed by atoms with Gasteiger partial charge in [0.05, 0.1) is 46.4 Å². The molecular formula is C29H53IN2O3. The third kappa shape index (κ3) is 5.75. The number of quaternary nitrogens is 1. The van der Waals surface area contributed by atoms with E-state index in [2.05, 4.69) is 47.2 Å². The molecule has 204 valence electrons. The molecule has 0 aromatic heterocycles. The number of aliphatic hydroxyl groups is 2. The molecule has 35 heavy (non-hydrogen) atoms. The Morgan fingerprint density at radius 3 is 2.43 bits per heavy atom. The summed E-state index contributed by atoms with van der Waals surface area (Å²) in [4.78, 5) is 12.5. The van der Waals surface area contributed by atoms with E-state index < -0.39 is 0 Å². The van der Waals surface area contributed by atoms with Gasteiger partial charge < -0.3 is 44.0 Å². The molecule has 3 N–H and O–H groups in total. The Bertz CT molecular complexity index is 742. The van der Waals surface area contributed by atoms with Crippen LogP contribution in [0, 0.1) is 46.3 Å². The highest BCUT2D eigenvalue weighted by Gasteiger charge is 2.63. The van der Waals surface area contributed by atoms with Crippen LogP contribution in [0.5, 0.6) is 0 Å². The first-order valence-corrected chi connectivity index (χ1v) is 14.3. The average molecular weight is 605 g/mol. The van der Waals surface area contributed by atoms with Gasteiger partial charge in [0.25, 0.3) is 0 Å². The number of nitrogens with one attached hydrogen (secondary N) is 1. The molecule has 4 aliphatic rings. The number of hydrogen-bond donors (Lipinski definition) is 3. The minimum atomic E-state index is -0.241. The minimum Gasteiger partial charge on any atom is -1.00 e. The highest BCUT2D eigenvalue weighted by molar-refractivity contribution is 5.75. The van der Waals surface area contributed by atoms with Crippen molar-refractivity contribution in [3.8, 4) is 0 Å². The number of carbonyl (C=O) groups is 1. The first-order chi connectivity index (χ1) is 15.9. The summed E-state index contributed by atoms with van der Waals surface area (Å²) >= 11 is 0. The molecule has 4 aliphatic carbocycles. The second-order valence-corrected chi connectivity index (χ2v) is 14.3. The summed E-state index contributed by atoms with van der Waals surface area (Å²) in [5, 5.41) is 25.1. The molecule has 10 atom stereocenters. The Morgan fingerprint density at radius 2 is 1.74 bits per heavy atom. The van der Waals surface area contributed by atoms with E-state index in [1.54, 1.807) is 0 Å². The van der Waals surface area contributed by atoms with Gasteiger partial charge in [0.15, 0.2) is 0 Å². The molecule has 4 saturated carbocycles. The van der Waals surface area contributed by atoms with Gasteiger partial charge in [-0.3, -0.25) is 4.79 Å². The van der Waals surface area contributed by atoms with Gasteiger partial charge in [-0.25, -0.2) is 0 Å². The minimum absolute atomic E-state index is 0. The third-order valence-electron chi connectivity index (χ3n) is 11.4. The summed E-state index contributed by atoms with van der Waals surface area (Å²) in [6, 6.07) is 0. The summed E-state index contributed by atoms with van der Waals surface area (Å²) in [5.41, 5.74) is 0.274. The van der Waals surface area contributed by atoms with E-state index in [-0.39, 0.29) is 52.9 Å². The zero-order valence-electron chi connectivity index (χ0n) is 23.2. The van der Waals surface area contributed by atoms with Crippen LogP contribution < -0.4 is 29.3 Å². The SMILES string of the molecule is C[C@H](CCC(=O)NCC[N+](C)(C)C)[C@H]1CCC2C3CCC4C[C@H](O)CC[C@]4(C)C3C[C@H](O)[C@@]21C.[I-]. The lowest BCUT2D eigenvalue weighted by atomic mass is 9.43. The number of likely N-dealkylation sites (N-methyl/N-ethyl adjacent to an activating group) is 1. The van der Waals surface area contributed by atoms with E-state index in [0.717, 1.165) is 55.6 Å². The van der Waals surface area contributed by atoms with E-state index in [1.807, 2.05) is 0 Å². The van der Waals surface area contributed by atoms with Gasteiger partial charge in [-0.1, -0.05) is 20.8 Å². The van der Waals surface area contributed by atoms with E-state index >= 15 is 0 Å². The van der Waals surface area contributed by atoms with Crippen LogP contribution in [0.25, 0.3) is 0 Å². The number of halogens is 1. The third-order valence-corrected chi connectivity index (χ3v) is 11.4. The predicted molar refractivity (Wildman–Crippen MR) is 137 cm³/mol. The highest BCUT2D eigenvalue weighted by atomic mass is 127. The fourth-order valence-corrected chi connectivity index (χ4v) is 9.34. The molecule has 5 nitrogen and oxygen atoms in total. The summed E-state index contributed by atoms with van der Waals surface area (Å²) < 4.78 is 0.860. The summed E-state index contributed by atoms with van der Waals surface area (Å²) in [6.45, 7) is 8.89. The van der Waals surface area contributed by atoms with Crippen molar-refractivity contribution < 1.29 is 43.5 Å². The molecule has 1 amide bonds. The molecule has 0 saturated heterocycles. The van der Waals surface area contributed by atoms with Gasteiger partial charge in [0.1, 0.15) is 0 Å². The number of rotatable bonds is 7.